The van der Waals surface area contributed by atoms with Crippen molar-refractivity contribution in [2.45, 2.75) is 52.0 Å². The molecule has 0 aromatic rings. The molecule has 1 heterocycles. The fourth-order valence-corrected chi connectivity index (χ4v) is 3.77. The van der Waals surface area contributed by atoms with Crippen molar-refractivity contribution in [3.05, 3.63) is 0 Å². The fraction of sp³-hybridized carbons (Fsp3) is 0.938. The van der Waals surface area contributed by atoms with Crippen LogP contribution in [0.5, 0.6) is 0 Å². The number of ether oxygens (including phenoxy) is 1. The highest BCUT2D eigenvalue weighted by atomic mass is 16.5. The van der Waals surface area contributed by atoms with Gasteiger partial charge < -0.3 is 15.2 Å². The lowest BCUT2D eigenvalue weighted by Gasteiger charge is -2.49. The Morgan fingerprint density at radius 2 is 1.86 bits per heavy atom. The van der Waals surface area contributed by atoms with Crippen LogP contribution in [-0.2, 0) is 4.74 Å². The Morgan fingerprint density at radius 3 is 2.33 bits per heavy atom. The summed E-state index contributed by atoms with van der Waals surface area (Å²) in [6, 6.07) is 0. The maximum absolute atomic E-state index is 11.2. The van der Waals surface area contributed by atoms with Gasteiger partial charge in [-0.15, -0.1) is 0 Å². The van der Waals surface area contributed by atoms with Crippen LogP contribution in [0.25, 0.3) is 0 Å². The van der Waals surface area contributed by atoms with Gasteiger partial charge in [0, 0.05) is 25.2 Å². The maximum Gasteiger partial charge on any atom is 0.405 e. The Labute approximate surface area is 128 Å². The molecule has 5 nitrogen and oxygen atoms in total. The average Bonchev–Trinajstić information content (AvgIpc) is 2.40. The molecular formula is C16H30N2O3. The second-order valence-electron chi connectivity index (χ2n) is 7.62. The summed E-state index contributed by atoms with van der Waals surface area (Å²) in [6.45, 7) is 11.3. The third-order valence-corrected chi connectivity index (χ3v) is 5.36. The van der Waals surface area contributed by atoms with E-state index in [1.54, 1.807) is 0 Å². The Morgan fingerprint density at radius 1 is 1.29 bits per heavy atom. The van der Waals surface area contributed by atoms with Crippen molar-refractivity contribution in [1.29, 1.82) is 0 Å². The highest BCUT2D eigenvalue weighted by Crippen LogP contribution is 2.43. The number of carbonyl (C=O) groups is 1. The van der Waals surface area contributed by atoms with Crippen molar-refractivity contribution in [2.75, 3.05) is 32.8 Å². The second kappa shape index (κ2) is 6.53. The number of hydrogen-bond acceptors (Lipinski definition) is 3. The summed E-state index contributed by atoms with van der Waals surface area (Å²) in [5.41, 5.74) is -0.324. The molecule has 0 bridgehead atoms. The number of amides is 1. The zero-order chi connectivity index (χ0) is 15.5. The minimum absolute atomic E-state index is 0.0463. The monoisotopic (exact) mass is 298 g/mol. The van der Waals surface area contributed by atoms with Gasteiger partial charge in [-0.2, -0.15) is 0 Å². The van der Waals surface area contributed by atoms with Crippen molar-refractivity contribution in [2.24, 2.45) is 11.3 Å². The van der Waals surface area contributed by atoms with Crippen LogP contribution in [0.2, 0.25) is 0 Å². The summed E-state index contributed by atoms with van der Waals surface area (Å²) in [5, 5.41) is 12.0. The van der Waals surface area contributed by atoms with E-state index in [-0.39, 0.29) is 11.0 Å². The van der Waals surface area contributed by atoms with E-state index in [1.807, 2.05) is 0 Å². The fourth-order valence-electron chi connectivity index (χ4n) is 3.77. The third-order valence-electron chi connectivity index (χ3n) is 5.36. The lowest BCUT2D eigenvalue weighted by atomic mass is 9.63. The van der Waals surface area contributed by atoms with Gasteiger partial charge in [0.2, 0.25) is 0 Å². The van der Waals surface area contributed by atoms with E-state index < -0.39 is 6.09 Å². The Kier molecular flexibility index (Phi) is 5.15. The first-order valence-corrected chi connectivity index (χ1v) is 8.14. The van der Waals surface area contributed by atoms with Crippen molar-refractivity contribution in [3.8, 4) is 0 Å². The highest BCUT2D eigenvalue weighted by molar-refractivity contribution is 5.65. The van der Waals surface area contributed by atoms with Crippen LogP contribution >= 0.6 is 0 Å². The molecular weight excluding hydrogens is 268 g/mol. The van der Waals surface area contributed by atoms with Crippen LogP contribution in [-0.4, -0.2) is 54.5 Å². The summed E-state index contributed by atoms with van der Waals surface area (Å²) >= 11 is 0. The highest BCUT2D eigenvalue weighted by Gasteiger charge is 2.45. The van der Waals surface area contributed by atoms with Gasteiger partial charge in [0.1, 0.15) is 0 Å². The zero-order valence-electron chi connectivity index (χ0n) is 13.7. The van der Waals surface area contributed by atoms with Gasteiger partial charge >= 0.3 is 6.09 Å². The molecule has 1 saturated carbocycles. The molecule has 1 saturated heterocycles. The number of nitrogens with zero attached hydrogens (tertiary/aromatic N) is 1. The number of rotatable bonds is 3. The normalized spacial score (nSPS) is 31.9. The summed E-state index contributed by atoms with van der Waals surface area (Å²) < 4.78 is 5.39. The van der Waals surface area contributed by atoms with Crippen LogP contribution < -0.4 is 5.32 Å². The summed E-state index contributed by atoms with van der Waals surface area (Å²) in [7, 11) is 0. The van der Waals surface area contributed by atoms with Crippen LogP contribution in [0, 0.1) is 11.3 Å². The molecule has 2 aliphatic rings. The summed E-state index contributed by atoms with van der Waals surface area (Å²) in [4.78, 5) is 13.7. The van der Waals surface area contributed by atoms with Gasteiger partial charge in [-0.1, -0.05) is 20.8 Å². The molecule has 1 aliphatic heterocycles. The maximum atomic E-state index is 11.2. The first-order valence-electron chi connectivity index (χ1n) is 8.14. The zero-order valence-corrected chi connectivity index (χ0v) is 13.7. The topological polar surface area (TPSA) is 61.8 Å². The van der Waals surface area contributed by atoms with Crippen molar-refractivity contribution >= 4 is 6.09 Å². The van der Waals surface area contributed by atoms with Gasteiger partial charge in [0.25, 0.3) is 0 Å². The number of hydrogen-bond donors (Lipinski definition) is 2. The Bertz CT molecular complexity index is 351. The molecule has 0 radical (unpaired) electrons. The second-order valence-corrected chi connectivity index (χ2v) is 7.62. The van der Waals surface area contributed by atoms with Crippen LogP contribution in [0.4, 0.5) is 4.79 Å². The summed E-state index contributed by atoms with van der Waals surface area (Å²) in [5.74, 6) is 0.689. The molecule has 0 atom stereocenters. The van der Waals surface area contributed by atoms with E-state index in [0.29, 0.717) is 5.92 Å². The molecule has 5 heteroatoms. The molecule has 0 spiro atoms. The largest absolute Gasteiger partial charge is 0.465 e. The minimum atomic E-state index is -0.892. The van der Waals surface area contributed by atoms with Crippen molar-refractivity contribution < 1.29 is 14.6 Å². The standard InChI is InChI=1S/C16H30N2O3/c1-15(2,3)16(17-14(19)20)6-4-13(5-7-16)12-18-8-10-21-11-9-18/h13,17H,4-12H2,1-3H3,(H,19,20). The van der Waals surface area contributed by atoms with Crippen LogP contribution in [0.15, 0.2) is 0 Å². The predicted molar refractivity (Wildman–Crippen MR) is 82.6 cm³/mol. The van der Waals surface area contributed by atoms with E-state index in [4.69, 9.17) is 4.74 Å². The number of carboxylic acid groups (broad SMARTS) is 1. The summed E-state index contributed by atoms with van der Waals surface area (Å²) in [6.07, 6.45) is 3.20. The predicted octanol–water partition coefficient (Wildman–Crippen LogP) is 2.56. The van der Waals surface area contributed by atoms with E-state index in [9.17, 15) is 9.90 Å². The molecule has 1 aliphatic carbocycles. The lowest BCUT2D eigenvalue weighted by molar-refractivity contribution is 0.0164. The molecule has 2 rings (SSSR count). The SMILES string of the molecule is CC(C)(C)C1(NC(=O)O)CCC(CN2CCOCC2)CC1. The Hall–Kier alpha value is -0.810. The van der Waals surface area contributed by atoms with Crippen LogP contribution in [0.3, 0.4) is 0 Å². The van der Waals surface area contributed by atoms with Gasteiger partial charge in [-0.25, -0.2) is 4.79 Å². The smallest absolute Gasteiger partial charge is 0.405 e. The quantitative estimate of drug-likeness (QED) is 0.840. The van der Waals surface area contributed by atoms with E-state index in [2.05, 4.69) is 31.0 Å². The molecule has 1 amide bonds. The van der Waals surface area contributed by atoms with Gasteiger partial charge in [-0.3, -0.25) is 4.90 Å². The third kappa shape index (κ3) is 4.10. The first-order chi connectivity index (χ1) is 9.82. The Balaban J connectivity index is 1.91. The molecule has 0 unspecified atom stereocenters. The van der Waals surface area contributed by atoms with E-state index in [1.165, 1.54) is 0 Å². The lowest BCUT2D eigenvalue weighted by Crippen LogP contribution is -2.59. The van der Waals surface area contributed by atoms with Gasteiger partial charge in [0.15, 0.2) is 0 Å². The first kappa shape index (κ1) is 16.6. The van der Waals surface area contributed by atoms with Gasteiger partial charge in [0.05, 0.1) is 13.2 Å². The number of nitrogens with one attached hydrogen (secondary N) is 1. The minimum Gasteiger partial charge on any atom is -0.465 e. The molecule has 0 aromatic heterocycles. The van der Waals surface area contributed by atoms with Crippen molar-refractivity contribution in [1.82, 2.24) is 10.2 Å². The van der Waals surface area contributed by atoms with Crippen molar-refractivity contribution in [3.63, 3.8) is 0 Å². The molecule has 21 heavy (non-hydrogen) atoms. The molecule has 0 aromatic carbocycles. The molecule has 2 N–H and O–H groups in total. The van der Waals surface area contributed by atoms with Crippen LogP contribution in [0.1, 0.15) is 46.5 Å². The van der Waals surface area contributed by atoms with E-state index >= 15 is 0 Å². The van der Waals surface area contributed by atoms with E-state index in [0.717, 1.165) is 58.5 Å². The van der Waals surface area contributed by atoms with Gasteiger partial charge in [-0.05, 0) is 37.0 Å². The molecule has 122 valence electrons. The average molecular weight is 298 g/mol. The number of morpholine rings is 1. The molecule has 2 fully saturated rings.